The molecule has 1 aromatic carbocycles. The van der Waals surface area contributed by atoms with Gasteiger partial charge in [0.1, 0.15) is 0 Å². The molecule has 1 aromatic heterocycles. The zero-order valence-electron chi connectivity index (χ0n) is 9.22. The third-order valence-corrected chi connectivity index (χ3v) is 3.28. The highest BCUT2D eigenvalue weighted by Crippen LogP contribution is 2.20. The molecular formula is C12H11BrN2O2. The molecule has 5 heteroatoms. The van der Waals surface area contributed by atoms with Crippen molar-refractivity contribution in [1.29, 1.82) is 0 Å². The Balaban J connectivity index is 2.30. The summed E-state index contributed by atoms with van der Waals surface area (Å²) in [6.45, 7) is 2.01. The van der Waals surface area contributed by atoms with Gasteiger partial charge in [0.05, 0.1) is 18.4 Å². The monoisotopic (exact) mass is 294 g/mol. The first-order chi connectivity index (χ1) is 8.06. The van der Waals surface area contributed by atoms with Gasteiger partial charge in [-0.15, -0.1) is 0 Å². The minimum absolute atomic E-state index is 0.0555. The fourth-order valence-corrected chi connectivity index (χ4v) is 1.86. The summed E-state index contributed by atoms with van der Waals surface area (Å²) in [6.07, 6.45) is 3.29. The van der Waals surface area contributed by atoms with Crippen molar-refractivity contribution in [2.24, 2.45) is 0 Å². The Kier molecular flexibility index (Phi) is 3.28. The molecular weight excluding hydrogens is 284 g/mol. The molecule has 0 aliphatic rings. The summed E-state index contributed by atoms with van der Waals surface area (Å²) in [6, 6.07) is 5.93. The number of carboxylic acid groups (broad SMARTS) is 1. The number of hydrogen-bond acceptors (Lipinski definition) is 2. The van der Waals surface area contributed by atoms with Crippen LogP contribution in [-0.2, 0) is 11.2 Å². The number of rotatable bonds is 3. The summed E-state index contributed by atoms with van der Waals surface area (Å²) in [5, 5.41) is 8.67. The van der Waals surface area contributed by atoms with Gasteiger partial charge in [-0.25, -0.2) is 4.98 Å². The molecule has 1 N–H and O–H groups in total. The molecule has 0 aliphatic heterocycles. The summed E-state index contributed by atoms with van der Waals surface area (Å²) in [5.74, 6) is -0.875. The van der Waals surface area contributed by atoms with Gasteiger partial charge in [0.25, 0.3) is 0 Å². The summed E-state index contributed by atoms with van der Waals surface area (Å²) in [7, 11) is 0. The van der Waals surface area contributed by atoms with Crippen molar-refractivity contribution in [1.82, 2.24) is 9.55 Å². The van der Waals surface area contributed by atoms with Crippen LogP contribution in [0.5, 0.6) is 0 Å². The van der Waals surface area contributed by atoms with Gasteiger partial charge in [0.15, 0.2) is 0 Å². The van der Waals surface area contributed by atoms with E-state index in [-0.39, 0.29) is 6.42 Å². The molecule has 0 aliphatic carbocycles. The Morgan fingerprint density at radius 2 is 2.29 bits per heavy atom. The van der Waals surface area contributed by atoms with E-state index in [0.29, 0.717) is 5.69 Å². The lowest BCUT2D eigenvalue weighted by Gasteiger charge is -2.04. The van der Waals surface area contributed by atoms with Gasteiger partial charge in [-0.1, -0.05) is 22.0 Å². The van der Waals surface area contributed by atoms with E-state index >= 15 is 0 Å². The number of aryl methyl sites for hydroxylation is 1. The third kappa shape index (κ3) is 2.74. The Morgan fingerprint density at radius 1 is 1.53 bits per heavy atom. The van der Waals surface area contributed by atoms with E-state index in [1.807, 2.05) is 29.7 Å². The summed E-state index contributed by atoms with van der Waals surface area (Å²) < 4.78 is 2.83. The van der Waals surface area contributed by atoms with Crippen molar-refractivity contribution < 1.29 is 9.90 Å². The summed E-state index contributed by atoms with van der Waals surface area (Å²) >= 11 is 3.46. The van der Waals surface area contributed by atoms with Crippen LogP contribution in [0, 0.1) is 6.92 Å². The van der Waals surface area contributed by atoms with Crippen molar-refractivity contribution in [2.75, 3.05) is 0 Å². The van der Waals surface area contributed by atoms with Crippen molar-refractivity contribution >= 4 is 21.9 Å². The fraction of sp³-hybridized carbons (Fsp3) is 0.167. The molecule has 0 spiro atoms. The van der Waals surface area contributed by atoms with E-state index in [9.17, 15) is 4.79 Å². The molecule has 0 saturated carbocycles. The third-order valence-electron chi connectivity index (χ3n) is 2.42. The molecule has 0 fully saturated rings. The molecule has 17 heavy (non-hydrogen) atoms. The largest absolute Gasteiger partial charge is 0.481 e. The molecule has 0 amide bonds. The zero-order chi connectivity index (χ0) is 12.4. The molecule has 0 saturated heterocycles. The van der Waals surface area contributed by atoms with Crippen LogP contribution >= 0.6 is 15.9 Å². The number of aromatic nitrogens is 2. The molecule has 0 radical (unpaired) electrons. The molecule has 4 nitrogen and oxygen atoms in total. The Morgan fingerprint density at radius 3 is 2.94 bits per heavy atom. The molecule has 0 unspecified atom stereocenters. The van der Waals surface area contributed by atoms with Crippen molar-refractivity contribution in [2.45, 2.75) is 13.3 Å². The molecule has 2 rings (SSSR count). The highest BCUT2D eigenvalue weighted by Gasteiger charge is 2.05. The Labute approximate surface area is 107 Å². The fourth-order valence-electron chi connectivity index (χ4n) is 1.49. The maximum atomic E-state index is 10.6. The number of halogens is 1. The SMILES string of the molecule is Cc1ccc(-n2cnc(CC(=O)O)c2)cc1Br. The van der Waals surface area contributed by atoms with Crippen molar-refractivity contribution in [3.8, 4) is 5.69 Å². The van der Waals surface area contributed by atoms with Crippen LogP contribution in [0.3, 0.4) is 0 Å². The Bertz CT molecular complexity index is 563. The van der Waals surface area contributed by atoms with E-state index in [0.717, 1.165) is 15.7 Å². The first-order valence-electron chi connectivity index (χ1n) is 5.07. The van der Waals surface area contributed by atoms with E-state index in [1.54, 1.807) is 12.5 Å². The first-order valence-corrected chi connectivity index (χ1v) is 5.87. The second kappa shape index (κ2) is 4.71. The standard InChI is InChI=1S/C12H11BrN2O2/c1-8-2-3-10(5-11(8)13)15-6-9(14-7-15)4-12(16)17/h2-3,5-7H,4H2,1H3,(H,16,17). The van der Waals surface area contributed by atoms with E-state index in [2.05, 4.69) is 20.9 Å². The second-order valence-electron chi connectivity index (χ2n) is 3.78. The maximum Gasteiger partial charge on any atom is 0.309 e. The van der Waals surface area contributed by atoms with Crippen molar-refractivity contribution in [3.63, 3.8) is 0 Å². The van der Waals surface area contributed by atoms with Gasteiger partial charge >= 0.3 is 5.97 Å². The summed E-state index contributed by atoms with van der Waals surface area (Å²) in [4.78, 5) is 14.6. The zero-order valence-corrected chi connectivity index (χ0v) is 10.8. The number of imidazole rings is 1. The van der Waals surface area contributed by atoms with E-state index in [1.165, 1.54) is 0 Å². The first kappa shape index (κ1) is 11.9. The predicted molar refractivity (Wildman–Crippen MR) is 67.3 cm³/mol. The maximum absolute atomic E-state index is 10.6. The van der Waals surface area contributed by atoms with Gasteiger partial charge in [-0.3, -0.25) is 4.79 Å². The number of nitrogens with zero attached hydrogens (tertiary/aromatic N) is 2. The number of aliphatic carboxylic acids is 1. The lowest BCUT2D eigenvalue weighted by molar-refractivity contribution is -0.136. The molecule has 2 aromatic rings. The summed E-state index contributed by atoms with van der Waals surface area (Å²) in [5.41, 5.74) is 2.65. The van der Waals surface area contributed by atoms with Crippen LogP contribution < -0.4 is 0 Å². The van der Waals surface area contributed by atoms with E-state index < -0.39 is 5.97 Å². The molecule has 88 valence electrons. The lowest BCUT2D eigenvalue weighted by atomic mass is 10.2. The van der Waals surface area contributed by atoms with Gasteiger partial charge in [0, 0.05) is 16.4 Å². The minimum Gasteiger partial charge on any atom is -0.481 e. The van der Waals surface area contributed by atoms with Gasteiger partial charge in [-0.05, 0) is 24.6 Å². The van der Waals surface area contributed by atoms with E-state index in [4.69, 9.17) is 5.11 Å². The lowest BCUT2D eigenvalue weighted by Crippen LogP contribution is -1.99. The van der Waals surface area contributed by atoms with Crippen LogP contribution in [0.1, 0.15) is 11.3 Å². The highest BCUT2D eigenvalue weighted by atomic mass is 79.9. The van der Waals surface area contributed by atoms with Crippen LogP contribution in [0.4, 0.5) is 0 Å². The van der Waals surface area contributed by atoms with Crippen LogP contribution in [0.2, 0.25) is 0 Å². The van der Waals surface area contributed by atoms with Crippen LogP contribution in [0.15, 0.2) is 35.2 Å². The number of carbonyl (C=O) groups is 1. The molecule has 0 atom stereocenters. The second-order valence-corrected chi connectivity index (χ2v) is 4.63. The quantitative estimate of drug-likeness (QED) is 0.947. The smallest absolute Gasteiger partial charge is 0.309 e. The molecule has 0 bridgehead atoms. The topological polar surface area (TPSA) is 55.1 Å². The predicted octanol–water partition coefficient (Wildman–Crippen LogP) is 2.57. The van der Waals surface area contributed by atoms with Crippen LogP contribution in [0.25, 0.3) is 5.69 Å². The average molecular weight is 295 g/mol. The number of hydrogen-bond donors (Lipinski definition) is 1. The van der Waals surface area contributed by atoms with Gasteiger partial charge in [0.2, 0.25) is 0 Å². The van der Waals surface area contributed by atoms with Gasteiger partial charge in [-0.2, -0.15) is 0 Å². The number of carboxylic acids is 1. The Hall–Kier alpha value is -1.62. The van der Waals surface area contributed by atoms with Gasteiger partial charge < -0.3 is 9.67 Å². The normalized spacial score (nSPS) is 10.5. The van der Waals surface area contributed by atoms with Crippen molar-refractivity contribution in [3.05, 3.63) is 46.5 Å². The van der Waals surface area contributed by atoms with Crippen LogP contribution in [-0.4, -0.2) is 20.6 Å². The number of benzene rings is 1. The average Bonchev–Trinajstić information content (AvgIpc) is 2.69. The highest BCUT2D eigenvalue weighted by molar-refractivity contribution is 9.10. The minimum atomic E-state index is -0.875. The molecule has 1 heterocycles.